The number of thioether (sulfide) groups is 1. The Balaban J connectivity index is 1.63. The predicted molar refractivity (Wildman–Crippen MR) is 85.3 cm³/mol. The molecule has 0 fully saturated rings. The molecule has 0 saturated carbocycles. The second kappa shape index (κ2) is 8.79. The summed E-state index contributed by atoms with van der Waals surface area (Å²) in [6.45, 7) is -0.280. The highest BCUT2D eigenvalue weighted by Crippen LogP contribution is 2.16. The number of hydrazine groups is 1. The van der Waals surface area contributed by atoms with Crippen LogP contribution in [0.15, 0.2) is 59.5 Å². The number of nitrogens with one attached hydrogen (secondary N) is 2. The number of carbonyl (C=O) groups is 2. The molecule has 0 saturated heterocycles. The average molecular weight is 334 g/mol. The molecule has 0 aliphatic rings. The highest BCUT2D eigenvalue weighted by atomic mass is 32.2. The lowest BCUT2D eigenvalue weighted by atomic mass is 10.3. The van der Waals surface area contributed by atoms with E-state index in [0.717, 1.165) is 4.90 Å². The van der Waals surface area contributed by atoms with Crippen molar-refractivity contribution in [2.75, 3.05) is 12.4 Å². The first-order valence-electron chi connectivity index (χ1n) is 6.77. The van der Waals surface area contributed by atoms with E-state index in [2.05, 4.69) is 10.9 Å². The Bertz CT molecular complexity index is 650. The molecule has 0 aliphatic heterocycles. The lowest BCUT2D eigenvalue weighted by molar-refractivity contribution is -0.128. The van der Waals surface area contributed by atoms with Crippen molar-refractivity contribution in [3.05, 3.63) is 60.4 Å². The van der Waals surface area contributed by atoms with Crippen LogP contribution in [0.2, 0.25) is 0 Å². The summed E-state index contributed by atoms with van der Waals surface area (Å²) in [7, 11) is 0. The SMILES string of the molecule is O=C(COc1ccc(F)cc1)NNC(=O)CSc1ccccc1. The molecule has 2 aromatic rings. The summed E-state index contributed by atoms with van der Waals surface area (Å²) >= 11 is 1.36. The molecule has 7 heteroatoms. The molecule has 2 N–H and O–H groups in total. The first-order chi connectivity index (χ1) is 11.1. The van der Waals surface area contributed by atoms with Crippen LogP contribution in [-0.2, 0) is 9.59 Å². The molecule has 0 atom stereocenters. The zero-order valence-corrected chi connectivity index (χ0v) is 12.9. The van der Waals surface area contributed by atoms with Gasteiger partial charge in [-0.15, -0.1) is 11.8 Å². The number of halogens is 1. The summed E-state index contributed by atoms with van der Waals surface area (Å²) in [5.41, 5.74) is 4.55. The monoisotopic (exact) mass is 334 g/mol. The van der Waals surface area contributed by atoms with E-state index in [1.165, 1.54) is 36.0 Å². The summed E-state index contributed by atoms with van der Waals surface area (Å²) in [4.78, 5) is 24.1. The van der Waals surface area contributed by atoms with Crippen LogP contribution in [0.3, 0.4) is 0 Å². The molecule has 0 spiro atoms. The van der Waals surface area contributed by atoms with Gasteiger partial charge in [0, 0.05) is 4.90 Å². The van der Waals surface area contributed by atoms with E-state index in [9.17, 15) is 14.0 Å². The van der Waals surface area contributed by atoms with Crippen molar-refractivity contribution in [3.63, 3.8) is 0 Å². The third-order valence-corrected chi connectivity index (χ3v) is 3.65. The molecule has 2 aromatic carbocycles. The van der Waals surface area contributed by atoms with Crippen LogP contribution in [0.5, 0.6) is 5.75 Å². The van der Waals surface area contributed by atoms with Gasteiger partial charge in [-0.3, -0.25) is 20.4 Å². The zero-order valence-electron chi connectivity index (χ0n) is 12.1. The molecule has 0 aromatic heterocycles. The highest BCUT2D eigenvalue weighted by molar-refractivity contribution is 8.00. The van der Waals surface area contributed by atoms with Crippen molar-refractivity contribution in [3.8, 4) is 5.75 Å². The normalized spacial score (nSPS) is 9.96. The number of hydrogen-bond acceptors (Lipinski definition) is 4. The molecular weight excluding hydrogens is 319 g/mol. The molecule has 2 rings (SSSR count). The Hall–Kier alpha value is -2.54. The Labute approximate surface area is 137 Å². The average Bonchev–Trinajstić information content (AvgIpc) is 2.58. The van der Waals surface area contributed by atoms with E-state index in [1.54, 1.807) is 0 Å². The van der Waals surface area contributed by atoms with Gasteiger partial charge in [-0.2, -0.15) is 0 Å². The summed E-state index contributed by atoms with van der Waals surface area (Å²) in [6, 6.07) is 14.7. The molecule has 0 bridgehead atoms. The Morgan fingerprint density at radius 1 is 0.957 bits per heavy atom. The maximum absolute atomic E-state index is 12.7. The van der Waals surface area contributed by atoms with Crippen LogP contribution in [0, 0.1) is 5.82 Å². The molecule has 5 nitrogen and oxygen atoms in total. The van der Waals surface area contributed by atoms with Crippen LogP contribution < -0.4 is 15.6 Å². The highest BCUT2D eigenvalue weighted by Gasteiger charge is 2.06. The van der Waals surface area contributed by atoms with Gasteiger partial charge in [0.1, 0.15) is 11.6 Å². The van der Waals surface area contributed by atoms with Gasteiger partial charge in [0.2, 0.25) is 5.91 Å². The van der Waals surface area contributed by atoms with Gasteiger partial charge in [0.25, 0.3) is 5.91 Å². The summed E-state index contributed by atoms with van der Waals surface area (Å²) < 4.78 is 17.9. The Morgan fingerprint density at radius 3 is 2.30 bits per heavy atom. The van der Waals surface area contributed by atoms with Crippen molar-refractivity contribution >= 4 is 23.6 Å². The number of amides is 2. The molecule has 0 aliphatic carbocycles. The largest absolute Gasteiger partial charge is 0.484 e. The van der Waals surface area contributed by atoms with Crippen molar-refractivity contribution in [2.24, 2.45) is 0 Å². The van der Waals surface area contributed by atoms with E-state index in [4.69, 9.17) is 4.74 Å². The van der Waals surface area contributed by atoms with Gasteiger partial charge < -0.3 is 4.74 Å². The molecule has 2 amide bonds. The van der Waals surface area contributed by atoms with Crippen LogP contribution in [0.1, 0.15) is 0 Å². The third-order valence-electron chi connectivity index (χ3n) is 2.64. The molecular formula is C16H15FN2O3S. The fraction of sp³-hybridized carbons (Fsp3) is 0.125. The van der Waals surface area contributed by atoms with E-state index >= 15 is 0 Å². The van der Waals surface area contributed by atoms with Crippen molar-refractivity contribution in [2.45, 2.75) is 4.90 Å². The summed E-state index contributed by atoms with van der Waals surface area (Å²) in [5.74, 6) is -0.665. The molecule has 0 radical (unpaired) electrons. The standard InChI is InChI=1S/C16H15FN2O3S/c17-12-6-8-13(9-7-12)22-10-15(20)18-19-16(21)11-23-14-4-2-1-3-5-14/h1-9H,10-11H2,(H,18,20)(H,19,21). The molecule has 23 heavy (non-hydrogen) atoms. The van der Waals surface area contributed by atoms with Crippen LogP contribution >= 0.6 is 11.8 Å². The van der Waals surface area contributed by atoms with Crippen molar-refractivity contribution in [1.82, 2.24) is 10.9 Å². The minimum Gasteiger partial charge on any atom is -0.484 e. The van der Waals surface area contributed by atoms with Gasteiger partial charge in [-0.05, 0) is 36.4 Å². The second-order valence-electron chi connectivity index (χ2n) is 4.44. The van der Waals surface area contributed by atoms with Crippen LogP contribution in [0.25, 0.3) is 0 Å². The van der Waals surface area contributed by atoms with E-state index in [-0.39, 0.29) is 24.1 Å². The van der Waals surface area contributed by atoms with Crippen LogP contribution in [-0.4, -0.2) is 24.2 Å². The van der Waals surface area contributed by atoms with Crippen LogP contribution in [0.4, 0.5) is 4.39 Å². The lowest BCUT2D eigenvalue weighted by Crippen LogP contribution is -2.44. The summed E-state index contributed by atoms with van der Waals surface area (Å²) in [6.07, 6.45) is 0. The first-order valence-corrected chi connectivity index (χ1v) is 7.76. The topological polar surface area (TPSA) is 67.4 Å². The van der Waals surface area contributed by atoms with Gasteiger partial charge >= 0.3 is 0 Å². The maximum Gasteiger partial charge on any atom is 0.276 e. The maximum atomic E-state index is 12.7. The van der Waals surface area contributed by atoms with E-state index < -0.39 is 5.91 Å². The Morgan fingerprint density at radius 2 is 1.61 bits per heavy atom. The fourth-order valence-electron chi connectivity index (χ4n) is 1.56. The van der Waals surface area contributed by atoms with Gasteiger partial charge in [0.05, 0.1) is 5.75 Å². The van der Waals surface area contributed by atoms with E-state index in [0.29, 0.717) is 5.75 Å². The van der Waals surface area contributed by atoms with Crippen molar-refractivity contribution in [1.29, 1.82) is 0 Å². The van der Waals surface area contributed by atoms with E-state index in [1.807, 2.05) is 30.3 Å². The number of rotatable bonds is 6. The lowest BCUT2D eigenvalue weighted by Gasteiger charge is -2.08. The van der Waals surface area contributed by atoms with Gasteiger partial charge in [0.15, 0.2) is 6.61 Å². The fourth-order valence-corrected chi connectivity index (χ4v) is 2.28. The number of benzene rings is 2. The minimum atomic E-state index is -0.507. The number of carbonyl (C=O) groups excluding carboxylic acids is 2. The van der Waals surface area contributed by atoms with Crippen molar-refractivity contribution < 1.29 is 18.7 Å². The third kappa shape index (κ3) is 6.39. The number of ether oxygens (including phenoxy) is 1. The second-order valence-corrected chi connectivity index (χ2v) is 5.49. The Kier molecular flexibility index (Phi) is 6.43. The number of hydrogen-bond donors (Lipinski definition) is 2. The molecule has 0 heterocycles. The summed E-state index contributed by atoms with van der Waals surface area (Å²) in [5, 5.41) is 0. The first kappa shape index (κ1) is 16.8. The van der Waals surface area contributed by atoms with Gasteiger partial charge in [-0.25, -0.2) is 4.39 Å². The molecule has 120 valence electrons. The minimum absolute atomic E-state index is 0.184. The smallest absolute Gasteiger partial charge is 0.276 e. The molecule has 0 unspecified atom stereocenters. The van der Waals surface area contributed by atoms with Gasteiger partial charge in [-0.1, -0.05) is 18.2 Å². The quantitative estimate of drug-likeness (QED) is 0.627. The predicted octanol–water partition coefficient (Wildman–Crippen LogP) is 2.14. The zero-order chi connectivity index (χ0) is 16.5.